The van der Waals surface area contributed by atoms with Crippen molar-refractivity contribution in [3.8, 4) is 0 Å². The van der Waals surface area contributed by atoms with Gasteiger partial charge in [-0.3, -0.25) is 0 Å². The van der Waals surface area contributed by atoms with Gasteiger partial charge in [-0.2, -0.15) is 0 Å². The molecule has 300 valence electrons. The number of nitrogens with zero attached hydrogens (tertiary/aromatic N) is 2. The van der Waals surface area contributed by atoms with Crippen LogP contribution in [-0.4, -0.2) is 0 Å². The molecule has 61 heavy (non-hydrogen) atoms. The predicted octanol–water partition coefficient (Wildman–Crippen LogP) is 15.7. The summed E-state index contributed by atoms with van der Waals surface area (Å²) in [5.41, 5.74) is 18.7. The monoisotopic (exact) mass is 790 g/mol. The van der Waals surface area contributed by atoms with Crippen LogP contribution in [0.3, 0.4) is 0 Å². The minimum atomic E-state index is -0.254. The van der Waals surface area contributed by atoms with Crippen molar-refractivity contribution < 1.29 is 0 Å². The van der Waals surface area contributed by atoms with E-state index in [9.17, 15) is 0 Å². The molecule has 0 aliphatic carbocycles. The van der Waals surface area contributed by atoms with Gasteiger partial charge in [0.2, 0.25) is 0 Å². The van der Waals surface area contributed by atoms with E-state index in [1.807, 2.05) is 0 Å². The summed E-state index contributed by atoms with van der Waals surface area (Å²) in [6.07, 6.45) is 4.61. The molecule has 2 nitrogen and oxygen atoms in total. The lowest BCUT2D eigenvalue weighted by molar-refractivity contribution is 0.641. The average Bonchev–Trinajstić information content (AvgIpc) is 3.29. The first kappa shape index (κ1) is 40.6. The smallest absolute Gasteiger partial charge is 0.0485 e. The SMILES string of the molecule is Cc1ccc(N(C=C(c2ccccc2)c2ccccc2)c2ccc(C(C)(C)c3ccc(N(C=C(c4ccccc4)c4ccccc4)c4ccc(C)cc4C)cc3)cc2)c(C)c1. The summed E-state index contributed by atoms with van der Waals surface area (Å²) >= 11 is 0. The van der Waals surface area contributed by atoms with Crippen LogP contribution in [0.15, 0.2) is 219 Å². The number of hydrogen-bond donors (Lipinski definition) is 0. The molecule has 0 amide bonds. The Balaban J connectivity index is 1.17. The number of anilines is 4. The van der Waals surface area contributed by atoms with Crippen LogP contribution in [-0.2, 0) is 5.41 Å². The van der Waals surface area contributed by atoms with E-state index in [1.54, 1.807) is 0 Å². The molecular formula is C59H54N2. The molecule has 0 saturated carbocycles. The van der Waals surface area contributed by atoms with E-state index in [2.05, 4.69) is 270 Å². The standard InChI is InChI=1S/C59H54N2/c1-43-27-37-57(45(3)39-43)60(41-55(47-19-11-7-12-20-47)48-21-13-8-14-22-48)53-33-29-51(30-34-53)59(5,6)52-31-35-54(36-32-52)61(58-38-28-44(2)40-46(58)4)42-56(49-23-15-9-16-24-49)50-25-17-10-18-26-50/h7-42H,1-6H3. The Morgan fingerprint density at radius 3 is 0.934 bits per heavy atom. The molecule has 0 unspecified atom stereocenters. The minimum absolute atomic E-state index is 0.254. The first-order valence-electron chi connectivity index (χ1n) is 21.2. The van der Waals surface area contributed by atoms with Gasteiger partial charge in [0.1, 0.15) is 0 Å². The number of rotatable bonds is 12. The van der Waals surface area contributed by atoms with Crippen LogP contribution in [0.4, 0.5) is 22.7 Å². The van der Waals surface area contributed by atoms with Crippen molar-refractivity contribution in [1.29, 1.82) is 0 Å². The van der Waals surface area contributed by atoms with Gasteiger partial charge >= 0.3 is 0 Å². The van der Waals surface area contributed by atoms with E-state index in [0.29, 0.717) is 0 Å². The lowest BCUT2D eigenvalue weighted by Crippen LogP contribution is -2.20. The van der Waals surface area contributed by atoms with Crippen molar-refractivity contribution in [3.63, 3.8) is 0 Å². The van der Waals surface area contributed by atoms with Crippen molar-refractivity contribution in [3.05, 3.63) is 274 Å². The molecule has 2 heteroatoms. The van der Waals surface area contributed by atoms with E-state index in [-0.39, 0.29) is 5.41 Å². The predicted molar refractivity (Wildman–Crippen MR) is 261 cm³/mol. The van der Waals surface area contributed by atoms with E-state index < -0.39 is 0 Å². The van der Waals surface area contributed by atoms with Gasteiger partial charge in [0.15, 0.2) is 0 Å². The Labute approximate surface area is 363 Å². The number of benzene rings is 8. The third-order valence-corrected chi connectivity index (χ3v) is 11.8. The highest BCUT2D eigenvalue weighted by molar-refractivity contribution is 5.86. The molecule has 0 bridgehead atoms. The van der Waals surface area contributed by atoms with Gasteiger partial charge in [0.25, 0.3) is 0 Å². The van der Waals surface area contributed by atoms with Crippen molar-refractivity contribution in [2.45, 2.75) is 47.0 Å². The van der Waals surface area contributed by atoms with E-state index >= 15 is 0 Å². The zero-order valence-electron chi connectivity index (χ0n) is 36.2. The highest BCUT2D eigenvalue weighted by Gasteiger charge is 2.25. The van der Waals surface area contributed by atoms with Gasteiger partial charge in [-0.05, 0) is 109 Å². The van der Waals surface area contributed by atoms with Crippen LogP contribution in [0.1, 0.15) is 69.5 Å². The fourth-order valence-corrected chi connectivity index (χ4v) is 8.32. The molecule has 0 N–H and O–H groups in total. The van der Waals surface area contributed by atoms with Gasteiger partial charge in [-0.15, -0.1) is 0 Å². The summed E-state index contributed by atoms with van der Waals surface area (Å²) in [5, 5.41) is 0. The van der Waals surface area contributed by atoms with Crippen LogP contribution in [0, 0.1) is 27.7 Å². The molecule has 0 atom stereocenters. The lowest BCUT2D eigenvalue weighted by atomic mass is 9.78. The summed E-state index contributed by atoms with van der Waals surface area (Å²) in [6, 6.07) is 74.5. The number of hydrogen-bond acceptors (Lipinski definition) is 2. The van der Waals surface area contributed by atoms with E-state index in [4.69, 9.17) is 0 Å². The van der Waals surface area contributed by atoms with Gasteiger partial charge in [-0.1, -0.05) is 195 Å². The fraction of sp³-hybridized carbons (Fsp3) is 0.119. The topological polar surface area (TPSA) is 6.48 Å². The average molecular weight is 791 g/mol. The Kier molecular flexibility index (Phi) is 12.0. The van der Waals surface area contributed by atoms with Gasteiger partial charge in [0.05, 0.1) is 0 Å². The largest absolute Gasteiger partial charge is 0.316 e. The molecule has 0 heterocycles. The second kappa shape index (κ2) is 18.0. The zero-order valence-corrected chi connectivity index (χ0v) is 36.2. The molecule has 0 radical (unpaired) electrons. The summed E-state index contributed by atoms with van der Waals surface area (Å²) in [6.45, 7) is 13.4. The van der Waals surface area contributed by atoms with Gasteiger partial charge < -0.3 is 9.80 Å². The molecule has 0 aliphatic rings. The molecule has 0 saturated heterocycles. The fourth-order valence-electron chi connectivity index (χ4n) is 8.32. The maximum Gasteiger partial charge on any atom is 0.0485 e. The summed E-state index contributed by atoms with van der Waals surface area (Å²) in [5.74, 6) is 0. The molecule has 8 aromatic rings. The highest BCUT2D eigenvalue weighted by Crippen LogP contribution is 2.39. The molecule has 0 fully saturated rings. The Morgan fingerprint density at radius 2 is 0.656 bits per heavy atom. The van der Waals surface area contributed by atoms with Crippen molar-refractivity contribution >= 4 is 33.9 Å². The third-order valence-electron chi connectivity index (χ3n) is 11.8. The number of aryl methyl sites for hydroxylation is 4. The van der Waals surface area contributed by atoms with Crippen molar-refractivity contribution in [2.75, 3.05) is 9.80 Å². The minimum Gasteiger partial charge on any atom is -0.316 e. The normalized spacial score (nSPS) is 11.1. The maximum absolute atomic E-state index is 2.35. The second-order valence-corrected chi connectivity index (χ2v) is 16.6. The Hall–Kier alpha value is -7.16. The van der Waals surface area contributed by atoms with Crippen LogP contribution in [0.2, 0.25) is 0 Å². The summed E-state index contributed by atoms with van der Waals surface area (Å²) in [7, 11) is 0. The molecule has 0 spiro atoms. The first-order chi connectivity index (χ1) is 29.7. The van der Waals surface area contributed by atoms with Crippen molar-refractivity contribution in [1.82, 2.24) is 0 Å². The summed E-state index contributed by atoms with van der Waals surface area (Å²) < 4.78 is 0. The second-order valence-electron chi connectivity index (χ2n) is 16.6. The maximum atomic E-state index is 2.35. The molecule has 0 aromatic heterocycles. The molecular weight excluding hydrogens is 737 g/mol. The zero-order chi connectivity index (χ0) is 42.3. The first-order valence-corrected chi connectivity index (χ1v) is 21.2. The molecule has 8 rings (SSSR count). The van der Waals surface area contributed by atoms with E-state index in [1.165, 1.54) is 55.6 Å². The van der Waals surface area contributed by atoms with Crippen LogP contribution >= 0.6 is 0 Å². The lowest BCUT2D eigenvalue weighted by Gasteiger charge is -2.30. The Bertz CT molecular complexity index is 2490. The van der Waals surface area contributed by atoms with Crippen molar-refractivity contribution in [2.24, 2.45) is 0 Å². The molecule has 8 aromatic carbocycles. The van der Waals surface area contributed by atoms with Gasteiger partial charge in [-0.25, -0.2) is 0 Å². The van der Waals surface area contributed by atoms with Crippen LogP contribution < -0.4 is 9.80 Å². The van der Waals surface area contributed by atoms with Crippen LogP contribution in [0.5, 0.6) is 0 Å². The Morgan fingerprint density at radius 1 is 0.361 bits per heavy atom. The van der Waals surface area contributed by atoms with Crippen LogP contribution in [0.25, 0.3) is 11.1 Å². The third kappa shape index (κ3) is 9.05. The quantitative estimate of drug-likeness (QED) is 0.122. The molecule has 0 aliphatic heterocycles. The summed E-state index contributed by atoms with van der Waals surface area (Å²) in [4.78, 5) is 4.70. The van der Waals surface area contributed by atoms with Gasteiger partial charge in [0, 0.05) is 51.7 Å². The highest BCUT2D eigenvalue weighted by atomic mass is 15.1. The van der Waals surface area contributed by atoms with E-state index in [0.717, 1.165) is 33.9 Å².